The standard InChI is InChI=1S/C22H31FN6O2/c1-16-6-4-5-9-28(16)15-21(30)25-18-7-8-19(23)20(12-18)26-22(31)17-13-24-29(14-17)11-10-27(2)3/h7-8,12-14,16H,4-6,9-11,15H2,1-3H3,(H,25,30)(H,26,31). The van der Waals surface area contributed by atoms with Crippen molar-refractivity contribution >= 4 is 23.2 Å². The summed E-state index contributed by atoms with van der Waals surface area (Å²) in [5.74, 6) is -1.18. The molecule has 1 fully saturated rings. The number of carbonyl (C=O) groups is 2. The van der Waals surface area contributed by atoms with Gasteiger partial charge >= 0.3 is 0 Å². The molecule has 2 heterocycles. The smallest absolute Gasteiger partial charge is 0.258 e. The van der Waals surface area contributed by atoms with Crippen LogP contribution in [0.15, 0.2) is 30.6 Å². The summed E-state index contributed by atoms with van der Waals surface area (Å²) in [7, 11) is 3.91. The van der Waals surface area contributed by atoms with Crippen molar-refractivity contribution in [3.8, 4) is 0 Å². The minimum atomic E-state index is -0.573. The highest BCUT2D eigenvalue weighted by Gasteiger charge is 2.21. The van der Waals surface area contributed by atoms with Crippen molar-refractivity contribution in [1.29, 1.82) is 0 Å². The molecule has 9 heteroatoms. The zero-order valence-corrected chi connectivity index (χ0v) is 18.4. The van der Waals surface area contributed by atoms with Crippen LogP contribution >= 0.6 is 0 Å². The van der Waals surface area contributed by atoms with Crippen LogP contribution in [0.4, 0.5) is 15.8 Å². The van der Waals surface area contributed by atoms with Gasteiger partial charge in [0.05, 0.1) is 30.5 Å². The summed E-state index contributed by atoms with van der Waals surface area (Å²) in [5.41, 5.74) is 0.787. The maximum Gasteiger partial charge on any atom is 0.258 e. The predicted octanol–water partition coefficient (Wildman–Crippen LogP) is 2.65. The summed E-state index contributed by atoms with van der Waals surface area (Å²) in [6.45, 7) is 4.76. The van der Waals surface area contributed by atoms with Crippen molar-refractivity contribution in [1.82, 2.24) is 19.6 Å². The first kappa shape index (κ1) is 22.9. The zero-order chi connectivity index (χ0) is 22.4. The van der Waals surface area contributed by atoms with E-state index in [4.69, 9.17) is 0 Å². The van der Waals surface area contributed by atoms with E-state index in [1.54, 1.807) is 10.9 Å². The molecule has 8 nitrogen and oxygen atoms in total. The van der Waals surface area contributed by atoms with Gasteiger partial charge in [0.1, 0.15) is 5.82 Å². The summed E-state index contributed by atoms with van der Waals surface area (Å²) < 4.78 is 15.9. The molecule has 0 spiro atoms. The Labute approximate surface area is 182 Å². The molecule has 2 amide bonds. The third-order valence-corrected chi connectivity index (χ3v) is 5.46. The molecular formula is C22H31FN6O2. The topological polar surface area (TPSA) is 82.5 Å². The van der Waals surface area contributed by atoms with Gasteiger partial charge in [0, 0.05) is 24.5 Å². The predicted molar refractivity (Wildman–Crippen MR) is 119 cm³/mol. The number of nitrogens with one attached hydrogen (secondary N) is 2. The minimum absolute atomic E-state index is 0.00943. The van der Waals surface area contributed by atoms with Gasteiger partial charge in [0.15, 0.2) is 0 Å². The third kappa shape index (κ3) is 6.60. The van der Waals surface area contributed by atoms with Crippen LogP contribution in [0.1, 0.15) is 36.5 Å². The first-order chi connectivity index (χ1) is 14.8. The van der Waals surface area contributed by atoms with Crippen molar-refractivity contribution < 1.29 is 14.0 Å². The van der Waals surface area contributed by atoms with Crippen molar-refractivity contribution in [3.63, 3.8) is 0 Å². The molecule has 1 aliphatic heterocycles. The van der Waals surface area contributed by atoms with Crippen LogP contribution in [0, 0.1) is 5.82 Å². The van der Waals surface area contributed by atoms with Gasteiger partial charge in [0.2, 0.25) is 5.91 Å². The fraction of sp³-hybridized carbons (Fsp3) is 0.500. The summed E-state index contributed by atoms with van der Waals surface area (Å²) in [6.07, 6.45) is 6.45. The average Bonchev–Trinajstić information content (AvgIpc) is 3.20. The number of nitrogens with zero attached hydrogens (tertiary/aromatic N) is 4. The summed E-state index contributed by atoms with van der Waals surface area (Å²) in [6, 6.07) is 4.53. The molecule has 2 aromatic rings. The number of likely N-dealkylation sites (N-methyl/N-ethyl adjacent to an activating group) is 1. The molecule has 0 saturated carbocycles. The molecule has 0 radical (unpaired) electrons. The number of likely N-dealkylation sites (tertiary alicyclic amines) is 1. The maximum atomic E-state index is 14.3. The summed E-state index contributed by atoms with van der Waals surface area (Å²) in [4.78, 5) is 29.1. The van der Waals surface area contributed by atoms with E-state index in [1.165, 1.54) is 30.8 Å². The maximum absolute atomic E-state index is 14.3. The van der Waals surface area contributed by atoms with Crippen molar-refractivity contribution in [2.24, 2.45) is 0 Å². The molecule has 1 aromatic carbocycles. The number of carbonyl (C=O) groups excluding carboxylic acids is 2. The van der Waals surface area contributed by atoms with Crippen molar-refractivity contribution in [2.75, 3.05) is 44.4 Å². The molecule has 3 rings (SSSR count). The Bertz CT molecular complexity index is 913. The van der Waals surface area contributed by atoms with Gasteiger partial charge in [-0.1, -0.05) is 6.42 Å². The van der Waals surface area contributed by atoms with Gasteiger partial charge in [-0.05, 0) is 58.6 Å². The number of amides is 2. The lowest BCUT2D eigenvalue weighted by atomic mass is 10.0. The second-order valence-corrected chi connectivity index (χ2v) is 8.31. The Morgan fingerprint density at radius 2 is 2.06 bits per heavy atom. The molecule has 168 valence electrons. The highest BCUT2D eigenvalue weighted by molar-refractivity contribution is 6.04. The monoisotopic (exact) mass is 430 g/mol. The molecule has 1 atom stereocenters. The molecule has 1 aliphatic rings. The SMILES string of the molecule is CC1CCCCN1CC(=O)Nc1ccc(F)c(NC(=O)c2cnn(CCN(C)C)c2)c1. The molecule has 2 N–H and O–H groups in total. The molecule has 0 aliphatic carbocycles. The number of hydrogen-bond donors (Lipinski definition) is 2. The second kappa shape index (κ2) is 10.5. The van der Waals surface area contributed by atoms with E-state index in [2.05, 4.69) is 27.6 Å². The zero-order valence-electron chi connectivity index (χ0n) is 18.4. The summed E-state index contributed by atoms with van der Waals surface area (Å²) in [5, 5.41) is 9.54. The quantitative estimate of drug-likeness (QED) is 0.673. The fourth-order valence-corrected chi connectivity index (χ4v) is 3.58. The van der Waals surface area contributed by atoms with Crippen LogP contribution in [-0.4, -0.2) is 71.2 Å². The van der Waals surface area contributed by atoms with E-state index in [0.717, 1.165) is 25.9 Å². The number of anilines is 2. The van der Waals surface area contributed by atoms with Gasteiger partial charge in [-0.3, -0.25) is 19.2 Å². The van der Waals surface area contributed by atoms with Gasteiger partial charge in [-0.25, -0.2) is 4.39 Å². The van der Waals surface area contributed by atoms with Crippen molar-refractivity contribution in [2.45, 2.75) is 38.8 Å². The Balaban J connectivity index is 1.60. The number of benzene rings is 1. The molecular weight excluding hydrogens is 399 g/mol. The van der Waals surface area contributed by atoms with Crippen LogP contribution in [0.3, 0.4) is 0 Å². The van der Waals surface area contributed by atoms with Crippen LogP contribution in [-0.2, 0) is 11.3 Å². The van der Waals surface area contributed by atoms with Crippen LogP contribution in [0.25, 0.3) is 0 Å². The normalized spacial score (nSPS) is 17.0. The third-order valence-electron chi connectivity index (χ3n) is 5.46. The Morgan fingerprint density at radius 3 is 2.81 bits per heavy atom. The lowest BCUT2D eigenvalue weighted by Crippen LogP contribution is -2.42. The van der Waals surface area contributed by atoms with E-state index < -0.39 is 11.7 Å². The Kier molecular flexibility index (Phi) is 7.75. The van der Waals surface area contributed by atoms with E-state index in [1.807, 2.05) is 19.0 Å². The Morgan fingerprint density at radius 1 is 1.26 bits per heavy atom. The van der Waals surface area contributed by atoms with Gasteiger partial charge < -0.3 is 15.5 Å². The van der Waals surface area contributed by atoms with E-state index in [9.17, 15) is 14.0 Å². The van der Waals surface area contributed by atoms with Crippen LogP contribution in [0.2, 0.25) is 0 Å². The highest BCUT2D eigenvalue weighted by atomic mass is 19.1. The largest absolute Gasteiger partial charge is 0.325 e. The molecule has 1 aromatic heterocycles. The molecule has 1 saturated heterocycles. The van der Waals surface area contributed by atoms with Gasteiger partial charge in [0.25, 0.3) is 5.91 Å². The van der Waals surface area contributed by atoms with Crippen LogP contribution < -0.4 is 10.6 Å². The number of hydrogen-bond acceptors (Lipinski definition) is 5. The van der Waals surface area contributed by atoms with Gasteiger partial charge in [-0.15, -0.1) is 0 Å². The first-order valence-electron chi connectivity index (χ1n) is 10.6. The lowest BCUT2D eigenvalue weighted by molar-refractivity contribution is -0.118. The van der Waals surface area contributed by atoms with Crippen LogP contribution in [0.5, 0.6) is 0 Å². The molecule has 0 bridgehead atoms. The first-order valence-corrected chi connectivity index (χ1v) is 10.6. The number of aromatic nitrogens is 2. The van der Waals surface area contributed by atoms with E-state index in [0.29, 0.717) is 30.4 Å². The summed E-state index contributed by atoms with van der Waals surface area (Å²) >= 11 is 0. The van der Waals surface area contributed by atoms with E-state index >= 15 is 0 Å². The Hall–Kier alpha value is -2.78. The number of rotatable bonds is 8. The molecule has 31 heavy (non-hydrogen) atoms. The number of piperidine rings is 1. The second-order valence-electron chi connectivity index (χ2n) is 8.31. The van der Waals surface area contributed by atoms with E-state index in [-0.39, 0.29) is 11.6 Å². The highest BCUT2D eigenvalue weighted by Crippen LogP contribution is 2.21. The number of halogens is 1. The molecule has 1 unspecified atom stereocenters. The average molecular weight is 431 g/mol. The van der Waals surface area contributed by atoms with Gasteiger partial charge in [-0.2, -0.15) is 5.10 Å². The van der Waals surface area contributed by atoms with Crippen molar-refractivity contribution in [3.05, 3.63) is 42.0 Å². The minimum Gasteiger partial charge on any atom is -0.325 e. The fourth-order valence-electron chi connectivity index (χ4n) is 3.58. The lowest BCUT2D eigenvalue weighted by Gasteiger charge is -2.32.